The Morgan fingerprint density at radius 2 is 2.15 bits per heavy atom. The van der Waals surface area contributed by atoms with E-state index in [9.17, 15) is 5.11 Å². The Labute approximate surface area is 85.8 Å². The van der Waals surface area contributed by atoms with E-state index in [-0.39, 0.29) is 10.8 Å². The van der Waals surface area contributed by atoms with Crippen LogP contribution in [0.2, 0.25) is 10.0 Å². The van der Waals surface area contributed by atoms with Crippen molar-refractivity contribution in [1.29, 1.82) is 0 Å². The lowest BCUT2D eigenvalue weighted by Gasteiger charge is -2.13. The number of benzene rings is 1. The molecule has 1 N–H and O–H groups in total. The van der Waals surface area contributed by atoms with Gasteiger partial charge in [-0.3, -0.25) is 4.99 Å². The van der Waals surface area contributed by atoms with Gasteiger partial charge in [0, 0.05) is 12.8 Å². The van der Waals surface area contributed by atoms with Crippen LogP contribution in [-0.2, 0) is 6.42 Å². The molecule has 4 heteroatoms. The van der Waals surface area contributed by atoms with Crippen molar-refractivity contribution >= 4 is 29.4 Å². The number of halogens is 2. The van der Waals surface area contributed by atoms with Crippen molar-refractivity contribution in [1.82, 2.24) is 0 Å². The predicted octanol–water partition coefficient (Wildman–Crippen LogP) is 2.67. The van der Waals surface area contributed by atoms with Crippen molar-refractivity contribution < 1.29 is 5.11 Å². The Kier molecular flexibility index (Phi) is 2.18. The van der Waals surface area contributed by atoms with Gasteiger partial charge in [0.15, 0.2) is 5.75 Å². The van der Waals surface area contributed by atoms with Crippen LogP contribution in [0, 0.1) is 0 Å². The highest BCUT2D eigenvalue weighted by atomic mass is 35.5. The summed E-state index contributed by atoms with van der Waals surface area (Å²) >= 11 is 11.7. The molecule has 2 nitrogen and oxygen atoms in total. The Morgan fingerprint density at radius 1 is 1.38 bits per heavy atom. The second-order valence-electron chi connectivity index (χ2n) is 2.87. The van der Waals surface area contributed by atoms with Gasteiger partial charge in [-0.25, -0.2) is 0 Å². The van der Waals surface area contributed by atoms with E-state index in [1.807, 2.05) is 0 Å². The first kappa shape index (κ1) is 8.85. The van der Waals surface area contributed by atoms with Gasteiger partial charge in [-0.2, -0.15) is 0 Å². The summed E-state index contributed by atoms with van der Waals surface area (Å²) in [6.07, 6.45) is 2.49. The van der Waals surface area contributed by atoms with Gasteiger partial charge >= 0.3 is 0 Å². The molecule has 2 rings (SSSR count). The van der Waals surface area contributed by atoms with Crippen molar-refractivity contribution in [2.45, 2.75) is 6.42 Å². The highest BCUT2D eigenvalue weighted by molar-refractivity contribution is 6.38. The van der Waals surface area contributed by atoms with Crippen molar-refractivity contribution in [3.8, 4) is 5.75 Å². The number of rotatable bonds is 0. The monoisotopic (exact) mass is 215 g/mol. The zero-order valence-corrected chi connectivity index (χ0v) is 8.23. The van der Waals surface area contributed by atoms with Crippen LogP contribution < -0.4 is 0 Å². The number of fused-ring (bicyclic) bond motifs is 1. The van der Waals surface area contributed by atoms with Crippen LogP contribution in [0.5, 0.6) is 5.75 Å². The third kappa shape index (κ3) is 1.40. The molecule has 68 valence electrons. The highest BCUT2D eigenvalue weighted by Crippen LogP contribution is 2.37. The molecule has 0 amide bonds. The summed E-state index contributed by atoms with van der Waals surface area (Å²) < 4.78 is 0. The largest absolute Gasteiger partial charge is 0.505 e. The second-order valence-corrected chi connectivity index (χ2v) is 3.66. The van der Waals surface area contributed by atoms with E-state index >= 15 is 0 Å². The highest BCUT2D eigenvalue weighted by Gasteiger charge is 2.15. The average Bonchev–Trinajstić information content (AvgIpc) is 2.15. The summed E-state index contributed by atoms with van der Waals surface area (Å²) in [6.45, 7) is 0.716. The quantitative estimate of drug-likeness (QED) is 0.710. The van der Waals surface area contributed by atoms with E-state index in [4.69, 9.17) is 23.2 Å². The Balaban J connectivity index is 2.69. The Morgan fingerprint density at radius 3 is 2.92 bits per heavy atom. The molecule has 0 fully saturated rings. The molecule has 0 aromatic heterocycles. The normalized spacial score (nSPS) is 14.3. The van der Waals surface area contributed by atoms with Crippen molar-refractivity contribution in [3.63, 3.8) is 0 Å². The van der Waals surface area contributed by atoms with E-state index in [0.717, 1.165) is 17.5 Å². The zero-order valence-electron chi connectivity index (χ0n) is 6.72. The molecule has 0 bridgehead atoms. The maximum Gasteiger partial charge on any atom is 0.153 e. The first-order valence-corrected chi connectivity index (χ1v) is 4.65. The van der Waals surface area contributed by atoms with E-state index in [2.05, 4.69) is 4.99 Å². The summed E-state index contributed by atoms with van der Waals surface area (Å²) in [5.41, 5.74) is 1.83. The summed E-state index contributed by atoms with van der Waals surface area (Å²) in [7, 11) is 0. The van der Waals surface area contributed by atoms with Crippen LogP contribution in [0.4, 0.5) is 0 Å². The lowest BCUT2D eigenvalue weighted by Crippen LogP contribution is -2.03. The van der Waals surface area contributed by atoms with Crippen LogP contribution in [0.3, 0.4) is 0 Å². The summed E-state index contributed by atoms with van der Waals surface area (Å²) in [4.78, 5) is 4.11. The smallest absolute Gasteiger partial charge is 0.153 e. The minimum atomic E-state index is -0.0302. The molecule has 0 atom stereocenters. The number of hydrogen-bond acceptors (Lipinski definition) is 2. The van der Waals surface area contributed by atoms with Crippen molar-refractivity contribution in [3.05, 3.63) is 27.2 Å². The minimum Gasteiger partial charge on any atom is -0.505 e. The fraction of sp³-hybridized carbons (Fsp3) is 0.222. The fourth-order valence-electron chi connectivity index (χ4n) is 1.38. The molecule has 0 spiro atoms. The Bertz CT molecular complexity index is 388. The summed E-state index contributed by atoms with van der Waals surface area (Å²) in [5, 5.41) is 10.1. The summed E-state index contributed by atoms with van der Waals surface area (Å²) in [6, 6.07) is 1.68. The third-order valence-electron chi connectivity index (χ3n) is 2.05. The number of aromatic hydroxyl groups is 1. The van der Waals surface area contributed by atoms with Crippen molar-refractivity contribution in [2.75, 3.05) is 6.54 Å². The first-order chi connectivity index (χ1) is 6.20. The molecule has 1 aliphatic heterocycles. The zero-order chi connectivity index (χ0) is 9.42. The number of phenols is 1. The SMILES string of the molecule is Oc1c(Cl)cc2c(c1Cl)CCN=C2. The molecule has 1 aromatic carbocycles. The van der Waals surface area contributed by atoms with E-state index in [1.165, 1.54) is 0 Å². The Hall–Kier alpha value is -0.730. The third-order valence-corrected chi connectivity index (χ3v) is 2.75. The van der Waals surface area contributed by atoms with Gasteiger partial charge in [0.05, 0.1) is 10.0 Å². The van der Waals surface area contributed by atoms with Crippen LogP contribution in [0.1, 0.15) is 11.1 Å². The predicted molar refractivity (Wildman–Crippen MR) is 54.3 cm³/mol. The van der Waals surface area contributed by atoms with Gasteiger partial charge in [-0.15, -0.1) is 0 Å². The van der Waals surface area contributed by atoms with Crippen LogP contribution in [0.15, 0.2) is 11.1 Å². The van der Waals surface area contributed by atoms with Crippen LogP contribution in [0.25, 0.3) is 0 Å². The molecular weight excluding hydrogens is 209 g/mol. The molecule has 0 unspecified atom stereocenters. The molecule has 0 saturated heterocycles. The number of phenolic OH excluding ortho intramolecular Hbond substituents is 1. The van der Waals surface area contributed by atoms with Crippen LogP contribution in [-0.4, -0.2) is 17.9 Å². The average molecular weight is 216 g/mol. The fourth-order valence-corrected chi connectivity index (χ4v) is 1.94. The lowest BCUT2D eigenvalue weighted by molar-refractivity contribution is 0.475. The molecular formula is C9H7Cl2NO. The van der Waals surface area contributed by atoms with Crippen molar-refractivity contribution in [2.24, 2.45) is 4.99 Å². The van der Waals surface area contributed by atoms with E-state index < -0.39 is 0 Å². The lowest BCUT2D eigenvalue weighted by atomic mass is 10.0. The second kappa shape index (κ2) is 3.20. The van der Waals surface area contributed by atoms with Gasteiger partial charge in [-0.05, 0) is 23.6 Å². The van der Waals surface area contributed by atoms with Crippen LogP contribution >= 0.6 is 23.2 Å². The van der Waals surface area contributed by atoms with Gasteiger partial charge in [0.2, 0.25) is 0 Å². The van der Waals surface area contributed by atoms with Gasteiger partial charge in [0.1, 0.15) is 0 Å². The summed E-state index contributed by atoms with van der Waals surface area (Å²) in [5.74, 6) is -0.0302. The van der Waals surface area contributed by atoms with E-state index in [1.54, 1.807) is 12.3 Å². The van der Waals surface area contributed by atoms with Gasteiger partial charge < -0.3 is 5.11 Å². The number of hydrogen-bond donors (Lipinski definition) is 1. The topological polar surface area (TPSA) is 32.6 Å². The molecule has 1 aliphatic rings. The van der Waals surface area contributed by atoms with E-state index in [0.29, 0.717) is 11.6 Å². The number of aliphatic imine (C=N–C) groups is 1. The van der Waals surface area contributed by atoms with Gasteiger partial charge in [0.25, 0.3) is 0 Å². The molecule has 1 aromatic rings. The molecule has 1 heterocycles. The first-order valence-electron chi connectivity index (χ1n) is 3.90. The number of nitrogens with zero attached hydrogens (tertiary/aromatic N) is 1. The maximum atomic E-state index is 9.45. The van der Waals surface area contributed by atoms with Gasteiger partial charge in [-0.1, -0.05) is 23.2 Å². The molecule has 0 radical (unpaired) electrons. The molecule has 13 heavy (non-hydrogen) atoms. The minimum absolute atomic E-state index is 0.0302. The molecule has 0 saturated carbocycles. The maximum absolute atomic E-state index is 9.45. The molecule has 0 aliphatic carbocycles. The standard InChI is InChI=1S/C9H7Cl2NO/c10-7-3-5-4-12-2-1-6(5)8(11)9(7)13/h3-4,13H,1-2H2.